The summed E-state index contributed by atoms with van der Waals surface area (Å²) in [6, 6.07) is 0. The third-order valence-corrected chi connectivity index (χ3v) is 4.75. The lowest BCUT2D eigenvalue weighted by Crippen LogP contribution is -2.39. The van der Waals surface area contributed by atoms with Crippen molar-refractivity contribution in [1.82, 2.24) is 10.6 Å². The van der Waals surface area contributed by atoms with Gasteiger partial charge in [0.2, 0.25) is 0 Å². The molecule has 0 aromatic rings. The highest BCUT2D eigenvalue weighted by Crippen LogP contribution is 2.25. The summed E-state index contributed by atoms with van der Waals surface area (Å²) in [6.45, 7) is 9.70. The molecule has 1 fully saturated rings. The zero-order chi connectivity index (χ0) is 15.9. The second-order valence-corrected chi connectivity index (χ2v) is 6.77. The van der Waals surface area contributed by atoms with Gasteiger partial charge in [-0.2, -0.15) is 11.8 Å². The van der Waals surface area contributed by atoms with Gasteiger partial charge in [-0.25, -0.2) is 0 Å². The molecule has 1 atom stereocenters. The summed E-state index contributed by atoms with van der Waals surface area (Å²) in [5.41, 5.74) is 0. The van der Waals surface area contributed by atoms with Crippen LogP contribution in [0.3, 0.4) is 0 Å². The summed E-state index contributed by atoms with van der Waals surface area (Å²) in [5.74, 6) is 2.19. The maximum absolute atomic E-state index is 5.55. The molecule has 1 rings (SSSR count). The molecule has 0 amide bonds. The zero-order valence-corrected chi connectivity index (χ0v) is 17.8. The summed E-state index contributed by atoms with van der Waals surface area (Å²) < 4.78 is 11.0. The van der Waals surface area contributed by atoms with E-state index in [0.29, 0.717) is 25.1 Å². The van der Waals surface area contributed by atoms with Crippen molar-refractivity contribution in [2.24, 2.45) is 4.99 Å². The first-order valence-corrected chi connectivity index (χ1v) is 9.71. The Bertz CT molecular complexity index is 290. The normalized spacial score (nSPS) is 17.8. The highest BCUT2D eigenvalue weighted by molar-refractivity contribution is 14.0. The van der Waals surface area contributed by atoms with Crippen LogP contribution >= 0.6 is 35.7 Å². The molecule has 7 heteroatoms. The molecule has 2 N–H and O–H groups in total. The molecule has 1 unspecified atom stereocenters. The lowest BCUT2D eigenvalue weighted by molar-refractivity contribution is 0.0487. The topological polar surface area (TPSA) is 54.9 Å². The Hall–Kier alpha value is 0.270. The molecule has 0 bridgehead atoms. The standard InChI is InChI=1S/C16H33N3O2S.HI/c1-3-5-9-20-11-12-21-10-8-18-16(17-4-2)19-14-15-7-6-13-22-15;/h15H,3-14H2,1-2H3,(H2,17,18,19);1H. The molecular formula is C16H34IN3O2S. The van der Waals surface area contributed by atoms with E-state index in [1.165, 1.54) is 25.0 Å². The molecule has 0 aromatic carbocycles. The summed E-state index contributed by atoms with van der Waals surface area (Å²) >= 11 is 2.04. The number of rotatable bonds is 12. The average molecular weight is 459 g/mol. The van der Waals surface area contributed by atoms with E-state index in [-0.39, 0.29) is 24.0 Å². The first-order chi connectivity index (χ1) is 10.9. The number of ether oxygens (including phenoxy) is 2. The zero-order valence-electron chi connectivity index (χ0n) is 14.6. The quantitative estimate of drug-likeness (QED) is 0.204. The van der Waals surface area contributed by atoms with E-state index in [2.05, 4.69) is 29.5 Å². The maximum atomic E-state index is 5.55. The molecule has 1 saturated heterocycles. The summed E-state index contributed by atoms with van der Waals surface area (Å²) in [7, 11) is 0. The Morgan fingerprint density at radius 1 is 1.13 bits per heavy atom. The van der Waals surface area contributed by atoms with E-state index in [9.17, 15) is 0 Å². The molecule has 0 saturated carbocycles. The first kappa shape index (κ1) is 23.3. The largest absolute Gasteiger partial charge is 0.379 e. The molecule has 1 aliphatic heterocycles. The smallest absolute Gasteiger partial charge is 0.191 e. The van der Waals surface area contributed by atoms with Crippen LogP contribution in [0.2, 0.25) is 0 Å². The van der Waals surface area contributed by atoms with Gasteiger partial charge in [0.25, 0.3) is 0 Å². The molecule has 0 radical (unpaired) electrons. The van der Waals surface area contributed by atoms with Crippen molar-refractivity contribution in [3.63, 3.8) is 0 Å². The lowest BCUT2D eigenvalue weighted by Gasteiger charge is -2.13. The number of halogens is 1. The van der Waals surface area contributed by atoms with Gasteiger partial charge in [0.05, 0.1) is 26.4 Å². The first-order valence-electron chi connectivity index (χ1n) is 8.66. The minimum atomic E-state index is 0. The fraction of sp³-hybridized carbons (Fsp3) is 0.938. The van der Waals surface area contributed by atoms with Gasteiger partial charge in [0.15, 0.2) is 5.96 Å². The van der Waals surface area contributed by atoms with Gasteiger partial charge in [-0.05, 0) is 31.9 Å². The van der Waals surface area contributed by atoms with Crippen molar-refractivity contribution in [2.45, 2.75) is 44.8 Å². The maximum Gasteiger partial charge on any atom is 0.191 e. The molecule has 1 heterocycles. The van der Waals surface area contributed by atoms with E-state index in [1.54, 1.807) is 0 Å². The van der Waals surface area contributed by atoms with E-state index >= 15 is 0 Å². The fourth-order valence-electron chi connectivity index (χ4n) is 2.13. The molecule has 23 heavy (non-hydrogen) atoms. The van der Waals surface area contributed by atoms with Crippen LogP contribution < -0.4 is 10.6 Å². The van der Waals surface area contributed by atoms with Crippen LogP contribution in [0.1, 0.15) is 39.5 Å². The number of guanidine groups is 1. The van der Waals surface area contributed by atoms with Gasteiger partial charge in [-0.15, -0.1) is 24.0 Å². The monoisotopic (exact) mass is 459 g/mol. The Morgan fingerprint density at radius 2 is 1.91 bits per heavy atom. The van der Waals surface area contributed by atoms with Crippen LogP contribution in [0.5, 0.6) is 0 Å². The second kappa shape index (κ2) is 17.1. The van der Waals surface area contributed by atoms with Gasteiger partial charge >= 0.3 is 0 Å². The minimum absolute atomic E-state index is 0. The minimum Gasteiger partial charge on any atom is -0.379 e. The number of nitrogens with one attached hydrogen (secondary N) is 2. The molecule has 0 aromatic heterocycles. The van der Waals surface area contributed by atoms with Crippen molar-refractivity contribution >= 4 is 41.7 Å². The molecular weight excluding hydrogens is 425 g/mol. The highest BCUT2D eigenvalue weighted by atomic mass is 127. The third kappa shape index (κ3) is 13.3. The lowest BCUT2D eigenvalue weighted by atomic mass is 10.2. The van der Waals surface area contributed by atoms with Crippen LogP contribution in [0.4, 0.5) is 0 Å². The fourth-order valence-corrected chi connectivity index (χ4v) is 3.31. The van der Waals surface area contributed by atoms with Crippen LogP contribution in [0, 0.1) is 0 Å². The van der Waals surface area contributed by atoms with Crippen molar-refractivity contribution in [1.29, 1.82) is 0 Å². The SMILES string of the molecule is CCCCOCCOCCNC(=NCC1CCCS1)NCC.I. The van der Waals surface area contributed by atoms with Crippen LogP contribution in [0.15, 0.2) is 4.99 Å². The van der Waals surface area contributed by atoms with E-state index in [1.807, 2.05) is 11.8 Å². The van der Waals surface area contributed by atoms with E-state index in [4.69, 9.17) is 9.47 Å². The Balaban J connectivity index is 0.00000484. The van der Waals surface area contributed by atoms with E-state index in [0.717, 1.165) is 38.6 Å². The Labute approximate surface area is 163 Å². The van der Waals surface area contributed by atoms with Crippen molar-refractivity contribution in [3.8, 4) is 0 Å². The predicted octanol–water partition coefficient (Wildman–Crippen LogP) is 2.89. The van der Waals surface area contributed by atoms with Gasteiger partial charge < -0.3 is 20.1 Å². The number of hydrogen-bond acceptors (Lipinski definition) is 4. The number of unbranched alkanes of at least 4 members (excludes halogenated alkanes) is 1. The summed E-state index contributed by atoms with van der Waals surface area (Å²) in [6.07, 6.45) is 4.94. The van der Waals surface area contributed by atoms with Gasteiger partial charge in [-0.1, -0.05) is 13.3 Å². The second-order valence-electron chi connectivity index (χ2n) is 5.36. The number of hydrogen-bond donors (Lipinski definition) is 2. The van der Waals surface area contributed by atoms with Crippen LogP contribution in [0.25, 0.3) is 0 Å². The molecule has 5 nitrogen and oxygen atoms in total. The Kier molecular flexibility index (Phi) is 17.3. The number of aliphatic imine (C=N–C) groups is 1. The number of thioether (sulfide) groups is 1. The Morgan fingerprint density at radius 3 is 2.57 bits per heavy atom. The van der Waals surface area contributed by atoms with Gasteiger partial charge in [0, 0.05) is 24.9 Å². The molecule has 138 valence electrons. The molecule has 0 aliphatic carbocycles. The number of nitrogens with zero attached hydrogens (tertiary/aromatic N) is 1. The van der Waals surface area contributed by atoms with E-state index < -0.39 is 0 Å². The summed E-state index contributed by atoms with van der Waals surface area (Å²) in [4.78, 5) is 4.66. The van der Waals surface area contributed by atoms with Crippen molar-refractivity contribution in [2.75, 3.05) is 51.8 Å². The molecule has 1 aliphatic rings. The average Bonchev–Trinajstić information content (AvgIpc) is 3.04. The van der Waals surface area contributed by atoms with Crippen LogP contribution in [-0.2, 0) is 9.47 Å². The third-order valence-electron chi connectivity index (χ3n) is 3.37. The van der Waals surface area contributed by atoms with Crippen molar-refractivity contribution in [3.05, 3.63) is 0 Å². The van der Waals surface area contributed by atoms with Gasteiger partial charge in [-0.3, -0.25) is 4.99 Å². The van der Waals surface area contributed by atoms with Crippen molar-refractivity contribution < 1.29 is 9.47 Å². The predicted molar refractivity (Wildman–Crippen MR) is 111 cm³/mol. The summed E-state index contributed by atoms with van der Waals surface area (Å²) in [5, 5.41) is 7.30. The van der Waals surface area contributed by atoms with Gasteiger partial charge in [0.1, 0.15) is 0 Å². The van der Waals surface area contributed by atoms with Crippen LogP contribution in [-0.4, -0.2) is 63.0 Å². The highest BCUT2D eigenvalue weighted by Gasteiger charge is 2.14. The molecule has 0 spiro atoms.